The molecule has 0 radical (unpaired) electrons. The first-order valence-corrected chi connectivity index (χ1v) is 4.82. The Kier molecular flexibility index (Phi) is 2.26. The Labute approximate surface area is 89.2 Å². The van der Waals surface area contributed by atoms with Crippen molar-refractivity contribution in [2.75, 3.05) is 0 Å². The van der Waals surface area contributed by atoms with E-state index in [0.29, 0.717) is 0 Å². The zero-order valence-electron chi connectivity index (χ0n) is 6.98. The van der Waals surface area contributed by atoms with Gasteiger partial charge in [-0.05, 0) is 35.1 Å². The van der Waals surface area contributed by atoms with Crippen LogP contribution in [-0.4, -0.2) is 19.7 Å². The van der Waals surface area contributed by atoms with Gasteiger partial charge >= 0.3 is 0 Å². The zero-order chi connectivity index (χ0) is 9.26. The summed E-state index contributed by atoms with van der Waals surface area (Å²) in [5.41, 5.74) is 1.12. The van der Waals surface area contributed by atoms with Gasteiger partial charge in [-0.3, -0.25) is 0 Å². The van der Waals surface area contributed by atoms with E-state index in [1.54, 1.807) is 17.1 Å². The summed E-state index contributed by atoms with van der Waals surface area (Å²) in [4.78, 5) is 8.06. The van der Waals surface area contributed by atoms with Gasteiger partial charge in [0.2, 0.25) is 0 Å². The van der Waals surface area contributed by atoms with Crippen LogP contribution in [0.15, 0.2) is 24.9 Å². The van der Waals surface area contributed by atoms with Gasteiger partial charge < -0.3 is 0 Å². The fraction of sp³-hybridized carbons (Fsp3) is 0.125. The summed E-state index contributed by atoms with van der Waals surface area (Å²) in [7, 11) is 0. The lowest BCUT2D eigenvalue weighted by molar-refractivity contribution is 0.832. The highest BCUT2D eigenvalue weighted by Crippen LogP contribution is 2.11. The minimum atomic E-state index is 0.823. The molecule has 0 spiro atoms. The Hall–Kier alpha value is -0.980. The van der Waals surface area contributed by atoms with Crippen LogP contribution >= 0.6 is 22.6 Å². The van der Waals surface area contributed by atoms with E-state index in [0.717, 1.165) is 15.0 Å². The van der Waals surface area contributed by atoms with Crippen molar-refractivity contribution in [2.24, 2.45) is 0 Å². The Morgan fingerprint density at radius 2 is 2.23 bits per heavy atom. The van der Waals surface area contributed by atoms with Crippen molar-refractivity contribution in [2.45, 2.75) is 6.92 Å². The topological polar surface area (TPSA) is 43.6 Å². The lowest BCUT2D eigenvalue weighted by atomic mass is 10.4. The SMILES string of the molecule is Cc1cnn(-c2ncncc2I)c1. The van der Waals surface area contributed by atoms with Crippen molar-refractivity contribution in [3.63, 3.8) is 0 Å². The summed E-state index contributed by atoms with van der Waals surface area (Å²) >= 11 is 2.19. The van der Waals surface area contributed by atoms with Gasteiger partial charge in [-0.15, -0.1) is 0 Å². The van der Waals surface area contributed by atoms with Crippen LogP contribution in [0.5, 0.6) is 0 Å². The average Bonchev–Trinajstić information content (AvgIpc) is 2.53. The van der Waals surface area contributed by atoms with Gasteiger partial charge in [-0.1, -0.05) is 0 Å². The third kappa shape index (κ3) is 1.69. The van der Waals surface area contributed by atoms with Gasteiger partial charge in [-0.2, -0.15) is 5.10 Å². The number of nitrogens with zero attached hydrogens (tertiary/aromatic N) is 4. The fourth-order valence-electron chi connectivity index (χ4n) is 1.00. The van der Waals surface area contributed by atoms with Crippen molar-refractivity contribution in [1.82, 2.24) is 19.7 Å². The highest BCUT2D eigenvalue weighted by Gasteiger charge is 2.03. The fourth-order valence-corrected chi connectivity index (χ4v) is 1.55. The molecule has 2 aromatic heterocycles. The second-order valence-corrected chi connectivity index (χ2v) is 3.82. The average molecular weight is 286 g/mol. The van der Waals surface area contributed by atoms with Crippen LogP contribution in [0.3, 0.4) is 0 Å². The Balaban J connectivity index is 2.52. The summed E-state index contributed by atoms with van der Waals surface area (Å²) in [5, 5.41) is 4.17. The molecular weight excluding hydrogens is 279 g/mol. The lowest BCUT2D eigenvalue weighted by Crippen LogP contribution is -2.00. The first-order valence-electron chi connectivity index (χ1n) is 3.74. The lowest BCUT2D eigenvalue weighted by Gasteiger charge is -2.00. The van der Waals surface area contributed by atoms with Crippen molar-refractivity contribution >= 4 is 22.6 Å². The standard InChI is InChI=1S/C8H7IN4/c1-6-2-12-13(4-6)8-7(9)3-10-5-11-8/h2-5H,1H3. The highest BCUT2D eigenvalue weighted by atomic mass is 127. The molecule has 4 nitrogen and oxygen atoms in total. The van der Waals surface area contributed by atoms with E-state index < -0.39 is 0 Å². The predicted molar refractivity (Wildman–Crippen MR) is 56.6 cm³/mol. The maximum atomic E-state index is 4.17. The monoisotopic (exact) mass is 286 g/mol. The predicted octanol–water partition coefficient (Wildman–Crippen LogP) is 1.58. The van der Waals surface area contributed by atoms with Crippen LogP contribution in [0.2, 0.25) is 0 Å². The molecule has 0 atom stereocenters. The van der Waals surface area contributed by atoms with Gasteiger partial charge in [0.05, 0.1) is 9.77 Å². The molecule has 13 heavy (non-hydrogen) atoms. The second kappa shape index (κ2) is 3.41. The third-order valence-electron chi connectivity index (χ3n) is 1.58. The van der Waals surface area contributed by atoms with Crippen LogP contribution in [-0.2, 0) is 0 Å². The molecule has 2 aromatic rings. The molecule has 0 aliphatic heterocycles. The van der Waals surface area contributed by atoms with E-state index in [9.17, 15) is 0 Å². The second-order valence-electron chi connectivity index (χ2n) is 2.66. The van der Waals surface area contributed by atoms with E-state index in [-0.39, 0.29) is 0 Å². The van der Waals surface area contributed by atoms with Crippen molar-refractivity contribution in [3.8, 4) is 5.82 Å². The Morgan fingerprint density at radius 1 is 1.38 bits per heavy atom. The van der Waals surface area contributed by atoms with Crippen molar-refractivity contribution in [1.29, 1.82) is 0 Å². The summed E-state index contributed by atoms with van der Waals surface area (Å²) < 4.78 is 2.74. The number of halogens is 1. The van der Waals surface area contributed by atoms with Gasteiger partial charge in [0.1, 0.15) is 6.33 Å². The van der Waals surface area contributed by atoms with Crippen molar-refractivity contribution < 1.29 is 0 Å². The van der Waals surface area contributed by atoms with Crippen LogP contribution in [0.4, 0.5) is 0 Å². The molecule has 66 valence electrons. The van der Waals surface area contributed by atoms with Crippen LogP contribution < -0.4 is 0 Å². The van der Waals surface area contributed by atoms with Gasteiger partial charge in [0, 0.05) is 12.4 Å². The molecule has 5 heteroatoms. The molecule has 2 heterocycles. The number of aryl methyl sites for hydroxylation is 1. The summed E-state index contributed by atoms with van der Waals surface area (Å²) in [6.45, 7) is 2.00. The molecule has 0 saturated heterocycles. The number of aromatic nitrogens is 4. The minimum absolute atomic E-state index is 0.823. The largest absolute Gasteiger partial charge is 0.244 e. The summed E-state index contributed by atoms with van der Waals surface area (Å²) in [5.74, 6) is 0.823. The molecule has 0 aliphatic carbocycles. The third-order valence-corrected chi connectivity index (χ3v) is 2.34. The number of rotatable bonds is 1. The van der Waals surface area contributed by atoms with Crippen LogP contribution in [0.25, 0.3) is 5.82 Å². The summed E-state index contributed by atoms with van der Waals surface area (Å²) in [6.07, 6.45) is 7.02. The molecule has 0 saturated carbocycles. The minimum Gasteiger partial charge on any atom is -0.244 e. The first kappa shape index (κ1) is 8.61. The maximum Gasteiger partial charge on any atom is 0.169 e. The highest BCUT2D eigenvalue weighted by molar-refractivity contribution is 14.1. The molecule has 0 fully saturated rings. The normalized spacial score (nSPS) is 10.3. The molecule has 0 aromatic carbocycles. The van der Waals surface area contributed by atoms with Crippen LogP contribution in [0.1, 0.15) is 5.56 Å². The van der Waals surface area contributed by atoms with E-state index in [2.05, 4.69) is 37.7 Å². The van der Waals surface area contributed by atoms with Gasteiger partial charge in [0.25, 0.3) is 0 Å². The Morgan fingerprint density at radius 3 is 2.85 bits per heavy atom. The number of hydrogen-bond acceptors (Lipinski definition) is 3. The molecule has 0 unspecified atom stereocenters. The van der Waals surface area contributed by atoms with Crippen LogP contribution in [0, 0.1) is 10.5 Å². The van der Waals surface area contributed by atoms with Crippen molar-refractivity contribution in [3.05, 3.63) is 34.1 Å². The first-order chi connectivity index (χ1) is 6.27. The smallest absolute Gasteiger partial charge is 0.169 e. The number of hydrogen-bond donors (Lipinski definition) is 0. The van der Waals surface area contributed by atoms with E-state index in [4.69, 9.17) is 0 Å². The van der Waals surface area contributed by atoms with E-state index >= 15 is 0 Å². The maximum absolute atomic E-state index is 4.17. The molecular formula is C8H7IN4. The van der Waals surface area contributed by atoms with E-state index in [1.165, 1.54) is 6.33 Å². The Bertz CT molecular complexity index is 424. The quantitative estimate of drug-likeness (QED) is 0.747. The molecule has 0 amide bonds. The molecule has 0 aliphatic rings. The van der Waals surface area contributed by atoms with E-state index in [1.807, 2.05) is 13.1 Å². The molecule has 0 bridgehead atoms. The van der Waals surface area contributed by atoms with Gasteiger partial charge in [0.15, 0.2) is 5.82 Å². The molecule has 2 rings (SSSR count). The molecule has 0 N–H and O–H groups in total. The zero-order valence-corrected chi connectivity index (χ0v) is 9.13. The summed E-state index contributed by atoms with van der Waals surface area (Å²) in [6, 6.07) is 0. The van der Waals surface area contributed by atoms with Gasteiger partial charge in [-0.25, -0.2) is 14.6 Å².